The number of hydrogen-bond donors (Lipinski definition) is 2. The molecule has 3 rings (SSSR count). The minimum absolute atomic E-state index is 0.0205. The van der Waals surface area contributed by atoms with Gasteiger partial charge in [-0.2, -0.15) is 0 Å². The van der Waals surface area contributed by atoms with Crippen LogP contribution in [0.2, 0.25) is 5.02 Å². The standard InChI is InChI=1S/C21H24ClN3O6S/c1-30-18-7-6-17(23-20(26)8-9-21(27)25-10-12-31-13-11-25)14-19(18)32(28,29)24-16-4-2-15(22)3-5-16/h2-7,14,24H,8-13H2,1H3,(H,23,26). The smallest absolute Gasteiger partial charge is 0.265 e. The Morgan fingerprint density at radius 3 is 2.38 bits per heavy atom. The topological polar surface area (TPSA) is 114 Å². The minimum atomic E-state index is -4.01. The van der Waals surface area contributed by atoms with E-state index in [1.807, 2.05) is 0 Å². The molecular weight excluding hydrogens is 458 g/mol. The van der Waals surface area contributed by atoms with Crippen molar-refractivity contribution >= 4 is 44.8 Å². The Morgan fingerprint density at radius 1 is 1.06 bits per heavy atom. The SMILES string of the molecule is COc1ccc(NC(=O)CCC(=O)N2CCOCC2)cc1S(=O)(=O)Nc1ccc(Cl)cc1. The molecule has 9 nitrogen and oxygen atoms in total. The molecule has 1 heterocycles. The Hall–Kier alpha value is -2.82. The molecule has 0 aliphatic carbocycles. The second-order valence-corrected chi connectivity index (χ2v) is 9.11. The van der Waals surface area contributed by atoms with E-state index in [0.29, 0.717) is 37.0 Å². The zero-order valence-electron chi connectivity index (χ0n) is 17.5. The molecule has 0 bridgehead atoms. The number of methoxy groups -OCH3 is 1. The fraction of sp³-hybridized carbons (Fsp3) is 0.333. The van der Waals surface area contributed by atoms with Crippen molar-refractivity contribution in [2.75, 3.05) is 43.5 Å². The fourth-order valence-corrected chi connectivity index (χ4v) is 4.49. The Balaban J connectivity index is 1.67. The van der Waals surface area contributed by atoms with Crippen LogP contribution in [0.5, 0.6) is 5.75 Å². The van der Waals surface area contributed by atoms with E-state index >= 15 is 0 Å². The average molecular weight is 482 g/mol. The molecule has 0 aromatic heterocycles. The maximum atomic E-state index is 12.9. The summed E-state index contributed by atoms with van der Waals surface area (Å²) in [6, 6.07) is 10.5. The van der Waals surface area contributed by atoms with Gasteiger partial charge in [0.2, 0.25) is 11.8 Å². The number of nitrogens with zero attached hydrogens (tertiary/aromatic N) is 1. The number of benzene rings is 2. The third kappa shape index (κ3) is 6.35. The van der Waals surface area contributed by atoms with Crippen LogP contribution < -0.4 is 14.8 Å². The molecule has 1 fully saturated rings. The van der Waals surface area contributed by atoms with Gasteiger partial charge < -0.3 is 19.7 Å². The molecule has 2 N–H and O–H groups in total. The summed E-state index contributed by atoms with van der Waals surface area (Å²) >= 11 is 5.84. The van der Waals surface area contributed by atoms with Crippen LogP contribution in [-0.4, -0.2) is 58.5 Å². The van der Waals surface area contributed by atoms with E-state index in [0.717, 1.165) is 0 Å². The van der Waals surface area contributed by atoms with E-state index in [4.69, 9.17) is 21.1 Å². The number of carbonyl (C=O) groups excluding carboxylic acids is 2. The number of ether oxygens (including phenoxy) is 2. The van der Waals surface area contributed by atoms with Gasteiger partial charge in [0, 0.05) is 42.3 Å². The third-order valence-corrected chi connectivity index (χ3v) is 6.42. The highest BCUT2D eigenvalue weighted by Gasteiger charge is 2.22. The quantitative estimate of drug-likeness (QED) is 0.599. The van der Waals surface area contributed by atoms with Gasteiger partial charge in [0.05, 0.1) is 20.3 Å². The van der Waals surface area contributed by atoms with Gasteiger partial charge >= 0.3 is 0 Å². The van der Waals surface area contributed by atoms with Crippen molar-refractivity contribution in [1.82, 2.24) is 4.90 Å². The van der Waals surface area contributed by atoms with Crippen LogP contribution in [-0.2, 0) is 24.3 Å². The molecule has 2 aromatic rings. The number of rotatable bonds is 8. The van der Waals surface area contributed by atoms with Crippen molar-refractivity contribution in [3.63, 3.8) is 0 Å². The summed E-state index contributed by atoms with van der Waals surface area (Å²) in [6.45, 7) is 2.01. The first-order chi connectivity index (χ1) is 15.3. The Morgan fingerprint density at radius 2 is 1.72 bits per heavy atom. The van der Waals surface area contributed by atoms with Gasteiger partial charge in [-0.05, 0) is 42.5 Å². The second kappa shape index (κ2) is 10.7. The molecule has 0 saturated carbocycles. The first-order valence-corrected chi connectivity index (χ1v) is 11.8. The first kappa shape index (κ1) is 23.8. The molecule has 0 radical (unpaired) electrons. The molecule has 2 aromatic carbocycles. The zero-order chi connectivity index (χ0) is 23.1. The van der Waals surface area contributed by atoms with E-state index in [2.05, 4.69) is 10.0 Å². The summed E-state index contributed by atoms with van der Waals surface area (Å²) in [7, 11) is -2.66. The average Bonchev–Trinajstić information content (AvgIpc) is 2.79. The predicted molar refractivity (Wildman–Crippen MR) is 121 cm³/mol. The van der Waals surface area contributed by atoms with Crippen LogP contribution in [0.4, 0.5) is 11.4 Å². The molecule has 1 saturated heterocycles. The highest BCUT2D eigenvalue weighted by Crippen LogP contribution is 2.29. The number of halogens is 1. The summed E-state index contributed by atoms with van der Waals surface area (Å²) in [5.41, 5.74) is 0.596. The van der Waals surface area contributed by atoms with E-state index in [1.54, 1.807) is 17.0 Å². The van der Waals surface area contributed by atoms with Crippen molar-refractivity contribution < 1.29 is 27.5 Å². The van der Waals surface area contributed by atoms with Gasteiger partial charge in [0.1, 0.15) is 10.6 Å². The first-order valence-electron chi connectivity index (χ1n) is 9.90. The molecule has 32 heavy (non-hydrogen) atoms. The van der Waals surface area contributed by atoms with Crippen molar-refractivity contribution in [2.45, 2.75) is 17.7 Å². The Bertz CT molecular complexity index is 1070. The molecule has 0 unspecified atom stereocenters. The van der Waals surface area contributed by atoms with E-state index in [1.165, 1.54) is 37.4 Å². The fourth-order valence-electron chi connectivity index (χ4n) is 3.11. The molecule has 1 aliphatic heterocycles. The summed E-state index contributed by atoms with van der Waals surface area (Å²) in [5.74, 6) is -0.397. The highest BCUT2D eigenvalue weighted by atomic mass is 35.5. The van der Waals surface area contributed by atoms with E-state index in [9.17, 15) is 18.0 Å². The molecule has 172 valence electrons. The van der Waals surface area contributed by atoms with Gasteiger partial charge in [-0.25, -0.2) is 8.42 Å². The zero-order valence-corrected chi connectivity index (χ0v) is 19.0. The number of amides is 2. The Kier molecular flexibility index (Phi) is 7.94. The molecule has 0 spiro atoms. The number of anilines is 2. The van der Waals surface area contributed by atoms with Gasteiger partial charge in [-0.15, -0.1) is 0 Å². The molecule has 2 amide bonds. The summed E-state index contributed by atoms with van der Waals surface area (Å²) in [4.78, 5) is 26.0. The Labute approximate surface area is 191 Å². The summed E-state index contributed by atoms with van der Waals surface area (Å²) in [6.07, 6.45) is 0.0403. The van der Waals surface area contributed by atoms with Crippen LogP contribution in [0, 0.1) is 0 Å². The normalized spacial score (nSPS) is 14.0. The largest absolute Gasteiger partial charge is 0.495 e. The van der Waals surface area contributed by atoms with Gasteiger partial charge in [0.25, 0.3) is 10.0 Å². The lowest BCUT2D eigenvalue weighted by molar-refractivity contribution is -0.136. The van der Waals surface area contributed by atoms with Crippen LogP contribution in [0.25, 0.3) is 0 Å². The summed E-state index contributed by atoms with van der Waals surface area (Å²) < 4.78 is 38.6. The predicted octanol–water partition coefficient (Wildman–Crippen LogP) is 2.73. The number of sulfonamides is 1. The van der Waals surface area contributed by atoms with E-state index < -0.39 is 15.9 Å². The van der Waals surface area contributed by atoms with Crippen LogP contribution >= 0.6 is 11.6 Å². The molecule has 11 heteroatoms. The van der Waals surface area contributed by atoms with Crippen molar-refractivity contribution in [2.24, 2.45) is 0 Å². The summed E-state index contributed by atoms with van der Waals surface area (Å²) in [5, 5.41) is 3.11. The van der Waals surface area contributed by atoms with Gasteiger partial charge in [0.15, 0.2) is 0 Å². The van der Waals surface area contributed by atoms with Crippen LogP contribution in [0.15, 0.2) is 47.4 Å². The second-order valence-electron chi connectivity index (χ2n) is 7.02. The van der Waals surface area contributed by atoms with E-state index in [-0.39, 0.29) is 35.1 Å². The molecule has 0 atom stereocenters. The maximum Gasteiger partial charge on any atom is 0.265 e. The number of hydrogen-bond acceptors (Lipinski definition) is 6. The van der Waals surface area contributed by atoms with Crippen LogP contribution in [0.1, 0.15) is 12.8 Å². The molecule has 1 aliphatic rings. The van der Waals surface area contributed by atoms with Crippen LogP contribution in [0.3, 0.4) is 0 Å². The third-order valence-electron chi connectivity index (χ3n) is 4.76. The minimum Gasteiger partial charge on any atom is -0.495 e. The van der Waals surface area contributed by atoms with Crippen molar-refractivity contribution in [3.8, 4) is 5.75 Å². The van der Waals surface area contributed by atoms with Gasteiger partial charge in [-0.1, -0.05) is 11.6 Å². The lowest BCUT2D eigenvalue weighted by Gasteiger charge is -2.26. The monoisotopic (exact) mass is 481 g/mol. The van der Waals surface area contributed by atoms with Gasteiger partial charge in [-0.3, -0.25) is 14.3 Å². The number of morpholine rings is 1. The lowest BCUT2D eigenvalue weighted by atomic mass is 10.2. The number of carbonyl (C=O) groups is 2. The van der Waals surface area contributed by atoms with Crippen molar-refractivity contribution in [1.29, 1.82) is 0 Å². The van der Waals surface area contributed by atoms with Crippen molar-refractivity contribution in [3.05, 3.63) is 47.5 Å². The lowest BCUT2D eigenvalue weighted by Crippen LogP contribution is -2.40. The number of nitrogens with one attached hydrogen (secondary N) is 2. The maximum absolute atomic E-state index is 12.9. The highest BCUT2D eigenvalue weighted by molar-refractivity contribution is 7.92. The molecular formula is C21H24ClN3O6S.